The lowest BCUT2D eigenvalue weighted by molar-refractivity contribution is 0.474. The molecule has 170 valence electrons. The molecular weight excluding hydrogens is 465 g/mol. The van der Waals surface area contributed by atoms with E-state index in [0.29, 0.717) is 43.8 Å². The first-order valence-electron chi connectivity index (χ1n) is 9.78. The third-order valence-corrected chi connectivity index (χ3v) is 6.83. The largest absolute Gasteiger partial charge is 0.456 e. The molecule has 33 heavy (non-hydrogen) atoms. The zero-order valence-corrected chi connectivity index (χ0v) is 19.7. The Hall–Kier alpha value is -3.50. The number of sulfonamides is 1. The Morgan fingerprint density at radius 2 is 1.88 bits per heavy atom. The number of ether oxygens (including phenoxy) is 1. The predicted octanol–water partition coefficient (Wildman–Crippen LogP) is 5.10. The summed E-state index contributed by atoms with van der Waals surface area (Å²) in [4.78, 5) is 12.5. The number of rotatable bonds is 6. The molecule has 0 unspecified atom stereocenters. The molecular formula is C23H20FN3O4S2. The van der Waals surface area contributed by atoms with Crippen LogP contribution >= 0.6 is 11.5 Å². The van der Waals surface area contributed by atoms with Crippen LogP contribution in [-0.2, 0) is 17.1 Å². The van der Waals surface area contributed by atoms with E-state index in [4.69, 9.17) is 4.74 Å². The number of hydrogen-bond donors (Lipinski definition) is 1. The van der Waals surface area contributed by atoms with Gasteiger partial charge in [0.25, 0.3) is 15.6 Å². The lowest BCUT2D eigenvalue weighted by atomic mass is 10.0. The molecule has 0 amide bonds. The molecule has 0 fully saturated rings. The molecule has 1 N–H and O–H groups in total. The third kappa shape index (κ3) is 4.39. The Labute approximate surface area is 194 Å². The fourth-order valence-electron chi connectivity index (χ4n) is 3.55. The Morgan fingerprint density at radius 1 is 1.18 bits per heavy atom. The number of hydrogen-bond acceptors (Lipinski definition) is 6. The molecule has 2 aromatic heterocycles. The molecule has 0 spiro atoms. The van der Waals surface area contributed by atoms with Gasteiger partial charge in [-0.2, -0.15) is 4.37 Å². The van der Waals surface area contributed by atoms with Crippen molar-refractivity contribution in [3.63, 3.8) is 0 Å². The average Bonchev–Trinajstić information content (AvgIpc) is 3.24. The van der Waals surface area contributed by atoms with Crippen molar-refractivity contribution in [2.45, 2.75) is 13.8 Å². The number of nitrogens with zero attached hydrogens (tertiary/aromatic N) is 2. The van der Waals surface area contributed by atoms with Crippen LogP contribution in [0, 0.1) is 19.7 Å². The zero-order valence-electron chi connectivity index (χ0n) is 18.0. The highest BCUT2D eigenvalue weighted by Gasteiger charge is 2.18. The van der Waals surface area contributed by atoms with Crippen LogP contribution in [0.3, 0.4) is 0 Å². The molecule has 0 atom stereocenters. The van der Waals surface area contributed by atoms with Gasteiger partial charge >= 0.3 is 0 Å². The highest BCUT2D eigenvalue weighted by molar-refractivity contribution is 7.95. The van der Waals surface area contributed by atoms with E-state index in [-0.39, 0.29) is 17.1 Å². The van der Waals surface area contributed by atoms with E-state index in [9.17, 15) is 17.6 Å². The van der Waals surface area contributed by atoms with Crippen LogP contribution in [0.15, 0.2) is 59.5 Å². The van der Waals surface area contributed by atoms with Crippen molar-refractivity contribution in [2.75, 3.05) is 4.72 Å². The smallest absolute Gasteiger partial charge is 0.269 e. The Bertz CT molecular complexity index is 1550. The van der Waals surface area contributed by atoms with E-state index in [0.717, 1.165) is 16.9 Å². The summed E-state index contributed by atoms with van der Waals surface area (Å²) in [6, 6.07) is 7.54. The van der Waals surface area contributed by atoms with E-state index in [1.54, 1.807) is 51.5 Å². The SMILES string of the molecule is C=CS(=O)(=O)Nc1ccc(Oc2c(C)cc(F)cc2C)c(-c2cn(C)c(=O)c3sncc23)c1. The fourth-order valence-corrected chi connectivity index (χ4v) is 4.83. The lowest BCUT2D eigenvalue weighted by Gasteiger charge is -2.17. The monoisotopic (exact) mass is 485 g/mol. The second-order valence-electron chi connectivity index (χ2n) is 7.52. The van der Waals surface area contributed by atoms with E-state index in [2.05, 4.69) is 15.7 Å². The minimum absolute atomic E-state index is 0.188. The molecule has 7 nitrogen and oxygen atoms in total. The maximum absolute atomic E-state index is 13.8. The fraction of sp³-hybridized carbons (Fsp3) is 0.130. The van der Waals surface area contributed by atoms with E-state index in [1.807, 2.05) is 0 Å². The first-order chi connectivity index (χ1) is 15.6. The van der Waals surface area contributed by atoms with Gasteiger partial charge in [-0.15, -0.1) is 0 Å². The van der Waals surface area contributed by atoms with Crippen molar-refractivity contribution in [3.8, 4) is 22.6 Å². The van der Waals surface area contributed by atoms with Gasteiger partial charge in [-0.3, -0.25) is 9.52 Å². The van der Waals surface area contributed by atoms with Crippen LogP contribution in [0.25, 0.3) is 21.2 Å². The second-order valence-corrected chi connectivity index (χ2v) is 9.95. The minimum atomic E-state index is -3.74. The van der Waals surface area contributed by atoms with Crippen LogP contribution < -0.4 is 15.0 Å². The van der Waals surface area contributed by atoms with E-state index in [1.165, 1.54) is 16.7 Å². The summed E-state index contributed by atoms with van der Waals surface area (Å²) in [5.41, 5.74) is 2.48. The van der Waals surface area contributed by atoms with E-state index < -0.39 is 10.0 Å². The molecule has 0 saturated heterocycles. The number of nitrogens with one attached hydrogen (secondary N) is 1. The number of aryl methyl sites for hydroxylation is 3. The third-order valence-electron chi connectivity index (χ3n) is 5.08. The number of aromatic nitrogens is 2. The Kier molecular flexibility index (Phi) is 5.81. The van der Waals surface area contributed by atoms with Crippen molar-refractivity contribution in [2.24, 2.45) is 7.05 Å². The number of fused-ring (bicyclic) bond motifs is 1. The van der Waals surface area contributed by atoms with Gasteiger partial charge in [-0.1, -0.05) is 6.58 Å². The molecule has 2 aromatic carbocycles. The van der Waals surface area contributed by atoms with Crippen LogP contribution in [0.1, 0.15) is 11.1 Å². The summed E-state index contributed by atoms with van der Waals surface area (Å²) >= 11 is 1.08. The number of pyridine rings is 1. The van der Waals surface area contributed by atoms with Crippen molar-refractivity contribution in [1.82, 2.24) is 8.94 Å². The van der Waals surface area contributed by atoms with E-state index >= 15 is 0 Å². The summed E-state index contributed by atoms with van der Waals surface area (Å²) in [6.07, 6.45) is 3.24. The van der Waals surface area contributed by atoms with Gasteiger partial charge in [0, 0.05) is 47.0 Å². The van der Waals surface area contributed by atoms with Crippen molar-refractivity contribution < 1.29 is 17.5 Å². The highest BCUT2D eigenvalue weighted by Crippen LogP contribution is 2.40. The highest BCUT2D eigenvalue weighted by atomic mass is 32.2. The van der Waals surface area contributed by atoms with Gasteiger partial charge in [-0.05, 0) is 66.8 Å². The summed E-state index contributed by atoms with van der Waals surface area (Å²) in [7, 11) is -2.11. The molecule has 4 aromatic rings. The molecule has 0 bridgehead atoms. The number of benzene rings is 2. The molecule has 4 rings (SSSR count). The van der Waals surface area contributed by atoms with Gasteiger partial charge in [0.15, 0.2) is 0 Å². The maximum atomic E-state index is 13.8. The quantitative estimate of drug-likeness (QED) is 0.411. The summed E-state index contributed by atoms with van der Waals surface area (Å²) in [5.74, 6) is 0.526. The molecule has 10 heteroatoms. The van der Waals surface area contributed by atoms with Crippen molar-refractivity contribution in [1.29, 1.82) is 0 Å². The average molecular weight is 486 g/mol. The molecule has 0 aliphatic carbocycles. The lowest BCUT2D eigenvalue weighted by Crippen LogP contribution is -2.15. The molecule has 2 heterocycles. The van der Waals surface area contributed by atoms with Crippen LogP contribution in [-0.4, -0.2) is 17.4 Å². The number of halogens is 1. The maximum Gasteiger partial charge on any atom is 0.269 e. The number of anilines is 1. The van der Waals surface area contributed by atoms with Crippen LogP contribution in [0.2, 0.25) is 0 Å². The molecule has 0 aliphatic heterocycles. The topological polar surface area (TPSA) is 90.3 Å². The first kappa shape index (κ1) is 22.7. The Morgan fingerprint density at radius 3 is 2.55 bits per heavy atom. The Balaban J connectivity index is 1.96. The zero-order chi connectivity index (χ0) is 23.9. The first-order valence-corrected chi connectivity index (χ1v) is 12.1. The van der Waals surface area contributed by atoms with Crippen LogP contribution in [0.4, 0.5) is 10.1 Å². The van der Waals surface area contributed by atoms with Gasteiger partial charge in [0.05, 0.1) is 0 Å². The predicted molar refractivity (Wildman–Crippen MR) is 129 cm³/mol. The van der Waals surface area contributed by atoms with Crippen molar-refractivity contribution in [3.05, 3.63) is 82.0 Å². The summed E-state index contributed by atoms with van der Waals surface area (Å²) in [6.45, 7) is 6.80. The second kappa shape index (κ2) is 8.45. The van der Waals surface area contributed by atoms with Gasteiger partial charge in [0.2, 0.25) is 0 Å². The van der Waals surface area contributed by atoms with Crippen LogP contribution in [0.5, 0.6) is 11.5 Å². The summed E-state index contributed by atoms with van der Waals surface area (Å²) < 4.78 is 52.6. The molecule has 0 saturated carbocycles. The standard InChI is InChI=1S/C23H20FN3O4S2/c1-5-33(29,30)26-16-6-7-20(31-21-13(2)8-15(24)9-14(21)3)17(10-16)19-12-27(4)23(28)22-18(19)11-25-32-22/h5-12,26H,1H2,2-4H3. The minimum Gasteiger partial charge on any atom is -0.456 e. The van der Waals surface area contributed by atoms with Crippen molar-refractivity contribution >= 4 is 37.3 Å². The normalized spacial score (nSPS) is 11.5. The molecule has 0 aliphatic rings. The molecule has 0 radical (unpaired) electrons. The van der Waals surface area contributed by atoms with Gasteiger partial charge < -0.3 is 9.30 Å². The van der Waals surface area contributed by atoms with Gasteiger partial charge in [0.1, 0.15) is 22.0 Å². The summed E-state index contributed by atoms with van der Waals surface area (Å²) in [5, 5.41) is 1.43. The van der Waals surface area contributed by atoms with Gasteiger partial charge in [-0.25, -0.2) is 12.8 Å².